The minimum absolute atomic E-state index is 0. The number of aromatic nitrogens is 1. The normalized spacial score (nSPS) is 20.4. The molecule has 0 amide bonds. The number of halogens is 1. The van der Waals surface area contributed by atoms with Crippen LogP contribution in [0.5, 0.6) is 0 Å². The van der Waals surface area contributed by atoms with E-state index < -0.39 is 9.84 Å². The molecule has 1 aliphatic rings. The Labute approximate surface area is 102 Å². The van der Waals surface area contributed by atoms with Crippen molar-refractivity contribution in [2.45, 2.75) is 17.4 Å². The average Bonchev–Trinajstić information content (AvgIpc) is 2.71. The Kier molecular flexibility index (Phi) is 4.70. The lowest BCUT2D eigenvalue weighted by atomic mass is 10.3. The molecule has 0 saturated carbocycles. The third-order valence-corrected chi connectivity index (χ3v) is 4.79. The van der Waals surface area contributed by atoms with E-state index in [2.05, 4.69) is 10.3 Å². The maximum atomic E-state index is 11.9. The van der Waals surface area contributed by atoms with Crippen LogP contribution in [0.3, 0.4) is 0 Å². The van der Waals surface area contributed by atoms with Gasteiger partial charge in [0.25, 0.3) is 0 Å². The summed E-state index contributed by atoms with van der Waals surface area (Å²) in [6.07, 6.45) is 3.98. The summed E-state index contributed by atoms with van der Waals surface area (Å²) >= 11 is 0. The Hall–Kier alpha value is -0.650. The summed E-state index contributed by atoms with van der Waals surface area (Å²) < 4.78 is 23.9. The van der Waals surface area contributed by atoms with Crippen molar-refractivity contribution in [3.05, 3.63) is 30.1 Å². The molecule has 1 aromatic rings. The molecule has 6 heteroatoms. The second kappa shape index (κ2) is 5.61. The van der Waals surface area contributed by atoms with Gasteiger partial charge in [-0.1, -0.05) is 0 Å². The Morgan fingerprint density at radius 3 is 2.62 bits per heavy atom. The molecule has 1 N–H and O–H groups in total. The third-order valence-electron chi connectivity index (χ3n) is 2.64. The number of hydrogen-bond acceptors (Lipinski definition) is 4. The first-order valence-electron chi connectivity index (χ1n) is 5.00. The van der Waals surface area contributed by atoms with Gasteiger partial charge in [-0.05, 0) is 30.7 Å². The van der Waals surface area contributed by atoms with E-state index in [1.54, 1.807) is 24.5 Å². The summed E-state index contributed by atoms with van der Waals surface area (Å²) in [7, 11) is -3.00. The van der Waals surface area contributed by atoms with Gasteiger partial charge in [-0.15, -0.1) is 12.4 Å². The van der Waals surface area contributed by atoms with Crippen molar-refractivity contribution in [3.63, 3.8) is 0 Å². The van der Waals surface area contributed by atoms with Crippen LogP contribution in [0.1, 0.15) is 12.0 Å². The number of hydrogen-bond donors (Lipinski definition) is 1. The Bertz CT molecular complexity index is 416. The van der Waals surface area contributed by atoms with Gasteiger partial charge >= 0.3 is 0 Å². The zero-order valence-corrected chi connectivity index (χ0v) is 10.4. The average molecular weight is 263 g/mol. The summed E-state index contributed by atoms with van der Waals surface area (Å²) in [5.74, 6) is 0.127. The van der Waals surface area contributed by atoms with Crippen molar-refractivity contribution in [1.82, 2.24) is 10.3 Å². The number of nitrogens with zero attached hydrogens (tertiary/aromatic N) is 1. The summed E-state index contributed by atoms with van der Waals surface area (Å²) in [6.45, 7) is 1.40. The highest BCUT2D eigenvalue weighted by Crippen LogP contribution is 2.15. The quantitative estimate of drug-likeness (QED) is 0.875. The van der Waals surface area contributed by atoms with Crippen LogP contribution >= 0.6 is 12.4 Å². The molecule has 0 unspecified atom stereocenters. The van der Waals surface area contributed by atoms with Crippen molar-refractivity contribution >= 4 is 22.2 Å². The van der Waals surface area contributed by atoms with Crippen LogP contribution in [0, 0.1) is 0 Å². The minimum Gasteiger partial charge on any atom is -0.315 e. The van der Waals surface area contributed by atoms with Crippen LogP contribution in [0.25, 0.3) is 0 Å². The second-order valence-electron chi connectivity index (χ2n) is 3.78. The number of nitrogens with one attached hydrogen (secondary N) is 1. The number of rotatable bonds is 3. The second-order valence-corrected chi connectivity index (χ2v) is 6.06. The smallest absolute Gasteiger partial charge is 0.158 e. The molecule has 0 spiro atoms. The first-order valence-corrected chi connectivity index (χ1v) is 6.71. The summed E-state index contributed by atoms with van der Waals surface area (Å²) in [4.78, 5) is 3.87. The number of sulfone groups is 1. The molecule has 0 bridgehead atoms. The van der Waals surface area contributed by atoms with Crippen molar-refractivity contribution < 1.29 is 8.42 Å². The van der Waals surface area contributed by atoms with Gasteiger partial charge in [0.05, 0.1) is 11.0 Å². The van der Waals surface area contributed by atoms with Crippen LogP contribution in [-0.4, -0.2) is 31.7 Å². The lowest BCUT2D eigenvalue weighted by molar-refractivity contribution is 0.582. The van der Waals surface area contributed by atoms with E-state index in [1.165, 1.54) is 0 Å². The molecule has 1 atom stereocenters. The number of pyridine rings is 1. The van der Waals surface area contributed by atoms with E-state index in [9.17, 15) is 8.42 Å². The SMILES string of the molecule is Cl.O=S(=O)(Cc1ccncc1)[C@H]1CCNC1. The molecule has 1 aliphatic heterocycles. The fraction of sp³-hybridized carbons (Fsp3) is 0.500. The van der Waals surface area contributed by atoms with Gasteiger partial charge < -0.3 is 5.32 Å². The highest BCUT2D eigenvalue weighted by Gasteiger charge is 2.28. The monoisotopic (exact) mass is 262 g/mol. The first-order chi connectivity index (χ1) is 7.18. The van der Waals surface area contributed by atoms with Gasteiger partial charge in [-0.25, -0.2) is 8.42 Å². The summed E-state index contributed by atoms with van der Waals surface area (Å²) in [5, 5.41) is 2.86. The molecule has 0 radical (unpaired) electrons. The van der Waals surface area contributed by atoms with E-state index in [-0.39, 0.29) is 23.4 Å². The Morgan fingerprint density at radius 2 is 2.06 bits per heavy atom. The molecule has 4 nitrogen and oxygen atoms in total. The zero-order chi connectivity index (χ0) is 10.7. The molecule has 1 saturated heterocycles. The first kappa shape index (κ1) is 13.4. The largest absolute Gasteiger partial charge is 0.315 e. The van der Waals surface area contributed by atoms with Crippen molar-refractivity contribution in [3.8, 4) is 0 Å². The topological polar surface area (TPSA) is 59.1 Å². The van der Waals surface area contributed by atoms with Gasteiger partial charge in [0, 0.05) is 18.9 Å². The van der Waals surface area contributed by atoms with Gasteiger partial charge in [-0.2, -0.15) is 0 Å². The molecule has 2 heterocycles. The molecule has 1 fully saturated rings. The maximum absolute atomic E-state index is 11.9. The zero-order valence-electron chi connectivity index (χ0n) is 8.80. The summed E-state index contributed by atoms with van der Waals surface area (Å²) in [6, 6.07) is 3.50. The molecule has 0 aliphatic carbocycles. The molecule has 90 valence electrons. The molecule has 0 aromatic carbocycles. The lowest BCUT2D eigenvalue weighted by Gasteiger charge is -2.09. The van der Waals surface area contributed by atoms with E-state index >= 15 is 0 Å². The fourth-order valence-electron chi connectivity index (χ4n) is 1.76. The minimum atomic E-state index is -3.00. The van der Waals surface area contributed by atoms with Gasteiger partial charge in [0.2, 0.25) is 0 Å². The molecular formula is C10H15ClN2O2S. The summed E-state index contributed by atoms with van der Waals surface area (Å²) in [5.41, 5.74) is 0.817. The van der Waals surface area contributed by atoms with Crippen LogP contribution in [0.15, 0.2) is 24.5 Å². The maximum Gasteiger partial charge on any atom is 0.158 e. The predicted octanol–water partition coefficient (Wildman–Crippen LogP) is 0.780. The van der Waals surface area contributed by atoms with E-state index in [4.69, 9.17) is 0 Å². The standard InChI is InChI=1S/C10H14N2O2S.ClH/c13-15(14,10-3-6-12-7-10)8-9-1-4-11-5-2-9;/h1-2,4-5,10,12H,3,6-8H2;1H/t10-;/m0./s1. The van der Waals surface area contributed by atoms with Crippen molar-refractivity contribution in [1.29, 1.82) is 0 Å². The van der Waals surface area contributed by atoms with Crippen molar-refractivity contribution in [2.75, 3.05) is 13.1 Å². The third kappa shape index (κ3) is 3.17. The van der Waals surface area contributed by atoms with Gasteiger partial charge in [-0.3, -0.25) is 4.98 Å². The van der Waals surface area contributed by atoms with Crippen LogP contribution in [0.2, 0.25) is 0 Å². The molecular weight excluding hydrogens is 248 g/mol. The lowest BCUT2D eigenvalue weighted by Crippen LogP contribution is -2.25. The van der Waals surface area contributed by atoms with Crippen LogP contribution in [-0.2, 0) is 15.6 Å². The van der Waals surface area contributed by atoms with Crippen molar-refractivity contribution in [2.24, 2.45) is 0 Å². The van der Waals surface area contributed by atoms with E-state index in [1.807, 2.05) is 0 Å². The van der Waals surface area contributed by atoms with Crippen LogP contribution in [0.4, 0.5) is 0 Å². The van der Waals surface area contributed by atoms with Crippen LogP contribution < -0.4 is 5.32 Å². The molecule has 16 heavy (non-hydrogen) atoms. The van der Waals surface area contributed by atoms with Gasteiger partial charge in [0.1, 0.15) is 0 Å². The Balaban J connectivity index is 0.00000128. The Morgan fingerprint density at radius 1 is 1.38 bits per heavy atom. The van der Waals surface area contributed by atoms with Gasteiger partial charge in [0.15, 0.2) is 9.84 Å². The molecule has 2 rings (SSSR count). The highest BCUT2D eigenvalue weighted by atomic mass is 35.5. The molecule has 1 aromatic heterocycles. The predicted molar refractivity (Wildman–Crippen MR) is 65.4 cm³/mol. The van der Waals surface area contributed by atoms with E-state index in [0.29, 0.717) is 6.54 Å². The highest BCUT2D eigenvalue weighted by molar-refractivity contribution is 7.91. The van der Waals surface area contributed by atoms with E-state index in [0.717, 1.165) is 18.5 Å². The fourth-order valence-corrected chi connectivity index (χ4v) is 3.51.